The highest BCUT2D eigenvalue weighted by Gasteiger charge is 2.11. The molecule has 0 aliphatic carbocycles. The molecule has 3 N–H and O–H groups in total. The van der Waals surface area contributed by atoms with Crippen molar-refractivity contribution in [1.82, 2.24) is 10.2 Å². The number of hydrogen-bond donors (Lipinski definition) is 2. The molecule has 0 amide bonds. The lowest BCUT2D eigenvalue weighted by Gasteiger charge is -2.21. The van der Waals surface area contributed by atoms with E-state index in [1.165, 1.54) is 4.88 Å². The second-order valence-corrected chi connectivity index (χ2v) is 5.32. The van der Waals surface area contributed by atoms with Crippen LogP contribution in [-0.4, -0.2) is 37.6 Å². The molecule has 0 aromatic carbocycles. The minimum atomic E-state index is 0.225. The lowest BCUT2D eigenvalue weighted by Crippen LogP contribution is -2.35. The number of rotatable bonds is 8. The van der Waals surface area contributed by atoms with Crippen molar-refractivity contribution in [3.05, 3.63) is 21.3 Å². The van der Waals surface area contributed by atoms with Crippen molar-refractivity contribution in [1.29, 1.82) is 0 Å². The van der Waals surface area contributed by atoms with E-state index in [0.29, 0.717) is 6.54 Å². The van der Waals surface area contributed by atoms with E-state index in [0.717, 1.165) is 31.2 Å². The van der Waals surface area contributed by atoms with E-state index in [9.17, 15) is 0 Å². The van der Waals surface area contributed by atoms with Crippen molar-refractivity contribution >= 4 is 22.9 Å². The summed E-state index contributed by atoms with van der Waals surface area (Å²) in [4.78, 5) is 3.61. The first kappa shape index (κ1) is 14.9. The summed E-state index contributed by atoms with van der Waals surface area (Å²) in [5.41, 5.74) is 5.78. The average molecular weight is 276 g/mol. The molecule has 1 aromatic heterocycles. The van der Waals surface area contributed by atoms with Crippen molar-refractivity contribution in [2.24, 2.45) is 5.73 Å². The zero-order valence-electron chi connectivity index (χ0n) is 10.6. The number of halogens is 1. The van der Waals surface area contributed by atoms with Crippen LogP contribution < -0.4 is 11.1 Å². The van der Waals surface area contributed by atoms with Gasteiger partial charge in [0.15, 0.2) is 0 Å². The first-order valence-corrected chi connectivity index (χ1v) is 7.36. The molecule has 0 aliphatic rings. The third-order valence-corrected chi connectivity index (χ3v) is 4.27. The Morgan fingerprint density at radius 3 is 2.65 bits per heavy atom. The van der Waals surface area contributed by atoms with Crippen molar-refractivity contribution in [2.45, 2.75) is 19.9 Å². The zero-order chi connectivity index (χ0) is 12.7. The molecule has 1 atom stereocenters. The highest BCUT2D eigenvalue weighted by Crippen LogP contribution is 2.24. The SMILES string of the molecule is CCN(CC)CCNC(CN)c1cc(Cl)cs1. The molecule has 98 valence electrons. The summed E-state index contributed by atoms with van der Waals surface area (Å²) < 4.78 is 0. The van der Waals surface area contributed by atoms with Crippen LogP contribution in [0.2, 0.25) is 5.02 Å². The number of thiophene rings is 1. The number of nitrogens with one attached hydrogen (secondary N) is 1. The van der Waals surface area contributed by atoms with Gasteiger partial charge >= 0.3 is 0 Å². The van der Waals surface area contributed by atoms with Gasteiger partial charge in [-0.1, -0.05) is 25.4 Å². The van der Waals surface area contributed by atoms with Crippen LogP contribution in [0.4, 0.5) is 0 Å². The Hall–Kier alpha value is -0.130. The molecule has 0 saturated heterocycles. The molecule has 1 unspecified atom stereocenters. The van der Waals surface area contributed by atoms with Crippen LogP contribution in [0.15, 0.2) is 11.4 Å². The molecule has 0 bridgehead atoms. The molecule has 1 aromatic rings. The van der Waals surface area contributed by atoms with Gasteiger partial charge < -0.3 is 16.0 Å². The van der Waals surface area contributed by atoms with E-state index in [-0.39, 0.29) is 6.04 Å². The maximum absolute atomic E-state index is 5.92. The van der Waals surface area contributed by atoms with Crippen molar-refractivity contribution in [2.75, 3.05) is 32.7 Å². The summed E-state index contributed by atoms with van der Waals surface area (Å²) in [6, 6.07) is 2.22. The Kier molecular flexibility index (Phi) is 7.08. The molecule has 0 spiro atoms. The second kappa shape index (κ2) is 8.06. The minimum Gasteiger partial charge on any atom is -0.329 e. The fraction of sp³-hybridized carbons (Fsp3) is 0.667. The smallest absolute Gasteiger partial charge is 0.0540 e. The van der Waals surface area contributed by atoms with E-state index in [1.807, 2.05) is 11.4 Å². The summed E-state index contributed by atoms with van der Waals surface area (Å²) in [5.74, 6) is 0. The largest absolute Gasteiger partial charge is 0.329 e. The standard InChI is InChI=1S/C12H22ClN3S/c1-3-16(4-2)6-5-15-11(8-14)12-7-10(13)9-17-12/h7,9,11,15H,3-6,8,14H2,1-2H3. The zero-order valence-corrected chi connectivity index (χ0v) is 12.2. The van der Waals surface area contributed by atoms with Gasteiger partial charge in [0.25, 0.3) is 0 Å². The van der Waals surface area contributed by atoms with Crippen molar-refractivity contribution < 1.29 is 0 Å². The lowest BCUT2D eigenvalue weighted by molar-refractivity contribution is 0.297. The quantitative estimate of drug-likeness (QED) is 0.765. The number of likely N-dealkylation sites (N-methyl/N-ethyl adjacent to an activating group) is 1. The van der Waals surface area contributed by atoms with Gasteiger partial charge in [0.1, 0.15) is 0 Å². The Morgan fingerprint density at radius 1 is 1.47 bits per heavy atom. The van der Waals surface area contributed by atoms with Gasteiger partial charge in [-0.2, -0.15) is 0 Å². The molecule has 0 radical (unpaired) electrons. The van der Waals surface area contributed by atoms with E-state index in [2.05, 4.69) is 24.1 Å². The fourth-order valence-corrected chi connectivity index (χ4v) is 2.92. The summed E-state index contributed by atoms with van der Waals surface area (Å²) >= 11 is 7.59. The Bertz CT molecular complexity index is 312. The first-order valence-electron chi connectivity index (χ1n) is 6.11. The normalized spacial score (nSPS) is 13.2. The third kappa shape index (κ3) is 4.94. The molecule has 5 heteroatoms. The molecular weight excluding hydrogens is 254 g/mol. The topological polar surface area (TPSA) is 41.3 Å². The van der Waals surface area contributed by atoms with E-state index in [4.69, 9.17) is 17.3 Å². The van der Waals surface area contributed by atoms with E-state index < -0.39 is 0 Å². The monoisotopic (exact) mass is 275 g/mol. The van der Waals surface area contributed by atoms with Crippen LogP contribution in [0, 0.1) is 0 Å². The highest BCUT2D eigenvalue weighted by molar-refractivity contribution is 7.10. The second-order valence-electron chi connectivity index (χ2n) is 3.94. The van der Waals surface area contributed by atoms with Crippen LogP contribution in [0.5, 0.6) is 0 Å². The number of nitrogens with two attached hydrogens (primary N) is 1. The third-order valence-electron chi connectivity index (χ3n) is 2.88. The summed E-state index contributed by atoms with van der Waals surface area (Å²) in [7, 11) is 0. The van der Waals surface area contributed by atoms with Gasteiger partial charge in [-0.05, 0) is 19.2 Å². The number of nitrogens with zero attached hydrogens (tertiary/aromatic N) is 1. The van der Waals surface area contributed by atoms with Gasteiger partial charge in [-0.15, -0.1) is 11.3 Å². The fourth-order valence-electron chi connectivity index (χ4n) is 1.75. The average Bonchev–Trinajstić information content (AvgIpc) is 2.76. The maximum atomic E-state index is 5.92. The molecule has 3 nitrogen and oxygen atoms in total. The molecule has 0 aliphatic heterocycles. The maximum Gasteiger partial charge on any atom is 0.0540 e. The van der Waals surface area contributed by atoms with Crippen LogP contribution in [-0.2, 0) is 0 Å². The molecular formula is C12H22ClN3S. The van der Waals surface area contributed by atoms with Crippen LogP contribution >= 0.6 is 22.9 Å². The number of hydrogen-bond acceptors (Lipinski definition) is 4. The predicted octanol–water partition coefficient (Wildman–Crippen LogP) is 2.33. The Balaban J connectivity index is 2.38. The van der Waals surface area contributed by atoms with E-state index in [1.54, 1.807) is 11.3 Å². The summed E-state index contributed by atoms with van der Waals surface area (Å²) in [5, 5.41) is 6.23. The molecule has 0 fully saturated rings. The highest BCUT2D eigenvalue weighted by atomic mass is 35.5. The van der Waals surface area contributed by atoms with Crippen molar-refractivity contribution in [3.63, 3.8) is 0 Å². The molecule has 0 saturated carbocycles. The minimum absolute atomic E-state index is 0.225. The van der Waals surface area contributed by atoms with Gasteiger partial charge in [0.2, 0.25) is 0 Å². The van der Waals surface area contributed by atoms with Crippen LogP contribution in [0.3, 0.4) is 0 Å². The van der Waals surface area contributed by atoms with Crippen LogP contribution in [0.1, 0.15) is 24.8 Å². The van der Waals surface area contributed by atoms with Gasteiger partial charge in [0.05, 0.1) is 11.1 Å². The Labute approximate surface area is 113 Å². The van der Waals surface area contributed by atoms with Gasteiger partial charge in [0, 0.05) is 29.9 Å². The predicted molar refractivity (Wildman–Crippen MR) is 76.9 cm³/mol. The Morgan fingerprint density at radius 2 is 2.18 bits per heavy atom. The van der Waals surface area contributed by atoms with Gasteiger partial charge in [-0.3, -0.25) is 0 Å². The first-order chi connectivity index (χ1) is 8.21. The lowest BCUT2D eigenvalue weighted by atomic mass is 10.2. The molecule has 17 heavy (non-hydrogen) atoms. The summed E-state index contributed by atoms with van der Waals surface area (Å²) in [6.07, 6.45) is 0. The van der Waals surface area contributed by atoms with Gasteiger partial charge in [-0.25, -0.2) is 0 Å². The summed E-state index contributed by atoms with van der Waals surface area (Å²) in [6.45, 7) is 9.18. The van der Waals surface area contributed by atoms with E-state index >= 15 is 0 Å². The van der Waals surface area contributed by atoms with Crippen LogP contribution in [0.25, 0.3) is 0 Å². The molecule has 1 rings (SSSR count). The molecule has 1 heterocycles. The van der Waals surface area contributed by atoms with Crippen molar-refractivity contribution in [3.8, 4) is 0 Å².